The van der Waals surface area contributed by atoms with Gasteiger partial charge in [0.1, 0.15) is 11.5 Å². The van der Waals surface area contributed by atoms with E-state index in [-0.39, 0.29) is 0 Å². The highest BCUT2D eigenvalue weighted by molar-refractivity contribution is 5.96. The minimum Gasteiger partial charge on any atom is -0.456 e. The van der Waals surface area contributed by atoms with Crippen LogP contribution in [-0.2, 0) is 0 Å². The number of anilines is 3. The van der Waals surface area contributed by atoms with Gasteiger partial charge in [-0.1, -0.05) is 176 Å². The number of hydrogen-bond donors (Lipinski definition) is 0. The normalized spacial score (nSPS) is 11.5. The van der Waals surface area contributed by atoms with Crippen LogP contribution in [-0.4, -0.2) is 0 Å². The van der Waals surface area contributed by atoms with Crippen molar-refractivity contribution in [1.82, 2.24) is 0 Å². The van der Waals surface area contributed by atoms with Crippen LogP contribution in [0.15, 0.2) is 237 Å². The van der Waals surface area contributed by atoms with Gasteiger partial charge >= 0.3 is 0 Å². The van der Waals surface area contributed by atoms with Gasteiger partial charge in [0, 0.05) is 28.2 Å². The fourth-order valence-corrected chi connectivity index (χ4v) is 8.58. The highest BCUT2D eigenvalue weighted by Gasteiger charge is 2.24. The Morgan fingerprint density at radius 1 is 0.233 bits per heavy atom. The molecule has 0 aromatic heterocycles. The first kappa shape index (κ1) is 35.2. The Balaban J connectivity index is 1.08. The van der Waals surface area contributed by atoms with E-state index in [1.807, 2.05) is 0 Å². The number of benzene rings is 10. The Labute approximate surface area is 350 Å². The van der Waals surface area contributed by atoms with Crippen molar-refractivity contribution in [2.75, 3.05) is 4.90 Å². The maximum absolute atomic E-state index is 7.01. The first-order chi connectivity index (χ1) is 29.7. The molecule has 1 aliphatic rings. The van der Waals surface area contributed by atoms with Crippen LogP contribution < -0.4 is 9.64 Å². The average molecular weight is 766 g/mol. The molecule has 1 heterocycles. The molecule has 60 heavy (non-hydrogen) atoms. The molecule has 0 spiro atoms. The molecule has 10 aromatic carbocycles. The zero-order chi connectivity index (χ0) is 39.8. The van der Waals surface area contributed by atoms with Gasteiger partial charge in [0.15, 0.2) is 0 Å². The van der Waals surface area contributed by atoms with Crippen LogP contribution in [0.1, 0.15) is 0 Å². The molecule has 0 aliphatic carbocycles. The number of fused-ring (bicyclic) bond motifs is 6. The molecule has 0 amide bonds. The third-order valence-electron chi connectivity index (χ3n) is 11.7. The number of nitrogens with zero attached hydrogens (tertiary/aromatic N) is 1. The predicted octanol–water partition coefficient (Wildman–Crippen LogP) is 16.4. The SMILES string of the molecule is c1ccc(-c2ccc(-c3ccc4c(c3)-c3cc(N(c5ccc(-c6ccccc6)cc5)c5ccc6ccccc6c5)ccc3Oc3cc(-c5ccccc5)ccc3-4)cc2)cc1. The molecule has 0 N–H and O–H groups in total. The lowest BCUT2D eigenvalue weighted by molar-refractivity contribution is 0.488. The molecule has 282 valence electrons. The largest absolute Gasteiger partial charge is 0.456 e. The van der Waals surface area contributed by atoms with Gasteiger partial charge in [-0.3, -0.25) is 0 Å². The van der Waals surface area contributed by atoms with E-state index in [0.717, 1.165) is 73.1 Å². The molecule has 1 aliphatic heterocycles. The summed E-state index contributed by atoms with van der Waals surface area (Å²) < 4.78 is 7.01. The van der Waals surface area contributed by atoms with E-state index in [0.29, 0.717) is 0 Å². The Hall–Kier alpha value is -7.94. The van der Waals surface area contributed by atoms with Gasteiger partial charge in [0.05, 0.1) is 0 Å². The van der Waals surface area contributed by atoms with Crippen molar-refractivity contribution in [3.05, 3.63) is 237 Å². The quantitative estimate of drug-likeness (QED) is 0.160. The summed E-state index contributed by atoms with van der Waals surface area (Å²) in [4.78, 5) is 2.36. The summed E-state index contributed by atoms with van der Waals surface area (Å²) in [5, 5.41) is 2.40. The second-order valence-corrected chi connectivity index (χ2v) is 15.3. The smallest absolute Gasteiger partial charge is 0.135 e. The molecule has 0 fully saturated rings. The van der Waals surface area contributed by atoms with Gasteiger partial charge in [-0.05, 0) is 127 Å². The fraction of sp³-hybridized carbons (Fsp3) is 0. The van der Waals surface area contributed by atoms with Gasteiger partial charge in [-0.25, -0.2) is 0 Å². The van der Waals surface area contributed by atoms with Crippen molar-refractivity contribution >= 4 is 27.8 Å². The second kappa shape index (κ2) is 15.1. The Kier molecular flexibility index (Phi) is 8.87. The van der Waals surface area contributed by atoms with Crippen molar-refractivity contribution in [2.24, 2.45) is 0 Å². The van der Waals surface area contributed by atoms with Gasteiger partial charge in [-0.2, -0.15) is 0 Å². The van der Waals surface area contributed by atoms with Crippen LogP contribution >= 0.6 is 0 Å². The highest BCUT2D eigenvalue weighted by atomic mass is 16.5. The van der Waals surface area contributed by atoms with Crippen molar-refractivity contribution in [3.8, 4) is 78.3 Å². The van der Waals surface area contributed by atoms with E-state index in [9.17, 15) is 0 Å². The summed E-state index contributed by atoms with van der Waals surface area (Å²) in [6.45, 7) is 0. The molecule has 0 unspecified atom stereocenters. The van der Waals surface area contributed by atoms with Gasteiger partial charge in [-0.15, -0.1) is 0 Å². The van der Waals surface area contributed by atoms with Crippen molar-refractivity contribution in [1.29, 1.82) is 0 Å². The van der Waals surface area contributed by atoms with Gasteiger partial charge < -0.3 is 9.64 Å². The third kappa shape index (κ3) is 6.61. The Morgan fingerprint density at radius 2 is 0.683 bits per heavy atom. The summed E-state index contributed by atoms with van der Waals surface area (Å²) in [7, 11) is 0. The van der Waals surface area contributed by atoms with Crippen LogP contribution in [0.4, 0.5) is 17.1 Å². The number of rotatable bonds is 7. The zero-order valence-corrected chi connectivity index (χ0v) is 32.9. The van der Waals surface area contributed by atoms with E-state index in [4.69, 9.17) is 4.74 Å². The molecule has 2 heteroatoms. The lowest BCUT2D eigenvalue weighted by Gasteiger charge is -2.27. The van der Waals surface area contributed by atoms with Gasteiger partial charge in [0.2, 0.25) is 0 Å². The average Bonchev–Trinajstić information content (AvgIpc) is 3.46. The standard InChI is InChI=1S/C58H39NO/c1-4-12-40(13-5-1)44-20-22-46(23-21-44)48-27-33-53-54-34-28-49(42-16-8-3-9-17-42)38-58(54)60-57-35-32-52(39-56(57)55(53)37-48)59(51-31-26-43-18-10-11-19-47(43)36-51)50-29-24-45(25-30-50)41-14-6-2-7-15-41/h1-39H. The van der Waals surface area contributed by atoms with E-state index < -0.39 is 0 Å². The van der Waals surface area contributed by atoms with Crippen molar-refractivity contribution in [2.45, 2.75) is 0 Å². The predicted molar refractivity (Wildman–Crippen MR) is 251 cm³/mol. The van der Waals surface area contributed by atoms with Gasteiger partial charge in [0.25, 0.3) is 0 Å². The monoisotopic (exact) mass is 765 g/mol. The molecule has 11 rings (SSSR count). The third-order valence-corrected chi connectivity index (χ3v) is 11.7. The molecule has 0 saturated carbocycles. The molecule has 0 bridgehead atoms. The van der Waals surface area contributed by atoms with Crippen molar-refractivity contribution in [3.63, 3.8) is 0 Å². The maximum atomic E-state index is 7.01. The molecule has 0 atom stereocenters. The topological polar surface area (TPSA) is 12.5 Å². The second-order valence-electron chi connectivity index (χ2n) is 15.3. The number of hydrogen-bond acceptors (Lipinski definition) is 2. The molecule has 0 saturated heterocycles. The molecule has 10 aromatic rings. The molecule has 0 radical (unpaired) electrons. The van der Waals surface area contributed by atoms with E-state index in [2.05, 4.69) is 241 Å². The summed E-state index contributed by atoms with van der Waals surface area (Å²) >= 11 is 0. The summed E-state index contributed by atoms with van der Waals surface area (Å²) in [5.74, 6) is 1.66. The molecule has 2 nitrogen and oxygen atoms in total. The maximum Gasteiger partial charge on any atom is 0.135 e. The Bertz CT molecular complexity index is 3140. The minimum atomic E-state index is 0.818. The van der Waals surface area contributed by atoms with Crippen LogP contribution in [0.5, 0.6) is 11.5 Å². The van der Waals surface area contributed by atoms with Crippen LogP contribution in [0.2, 0.25) is 0 Å². The Morgan fingerprint density at radius 3 is 1.33 bits per heavy atom. The van der Waals surface area contributed by atoms with E-state index in [1.54, 1.807) is 0 Å². The molecular formula is C58H39NO. The number of ether oxygens (including phenoxy) is 1. The van der Waals surface area contributed by atoms with Crippen LogP contribution in [0.3, 0.4) is 0 Å². The first-order valence-corrected chi connectivity index (χ1v) is 20.5. The lowest BCUT2D eigenvalue weighted by atomic mass is 9.90. The summed E-state index contributed by atoms with van der Waals surface area (Å²) in [6, 6.07) is 84.8. The van der Waals surface area contributed by atoms with E-state index in [1.165, 1.54) is 33.0 Å². The highest BCUT2D eigenvalue weighted by Crippen LogP contribution is 2.51. The molecular weight excluding hydrogens is 727 g/mol. The minimum absolute atomic E-state index is 0.818. The fourth-order valence-electron chi connectivity index (χ4n) is 8.58. The van der Waals surface area contributed by atoms with Crippen LogP contribution in [0, 0.1) is 0 Å². The van der Waals surface area contributed by atoms with Crippen molar-refractivity contribution < 1.29 is 4.74 Å². The first-order valence-electron chi connectivity index (χ1n) is 20.5. The lowest BCUT2D eigenvalue weighted by Crippen LogP contribution is -2.10. The zero-order valence-electron chi connectivity index (χ0n) is 32.9. The summed E-state index contributed by atoms with van der Waals surface area (Å²) in [5.41, 5.74) is 16.9. The van der Waals surface area contributed by atoms with Crippen LogP contribution in [0.25, 0.3) is 77.5 Å². The van der Waals surface area contributed by atoms with E-state index >= 15 is 0 Å². The summed E-state index contributed by atoms with van der Waals surface area (Å²) in [6.07, 6.45) is 0.